The number of hydrogen-bond donors (Lipinski definition) is 3. The van der Waals surface area contributed by atoms with Gasteiger partial charge in [-0.25, -0.2) is 4.98 Å². The van der Waals surface area contributed by atoms with Gasteiger partial charge in [-0.1, -0.05) is 31.2 Å². The monoisotopic (exact) mass is 690 g/mol. The maximum absolute atomic E-state index is 12.4. The van der Waals surface area contributed by atoms with E-state index in [2.05, 4.69) is 81.7 Å². The minimum atomic E-state index is -0.244. The Balaban J connectivity index is 0.980. The number of amides is 2. The van der Waals surface area contributed by atoms with Crippen molar-refractivity contribution in [2.24, 2.45) is 0 Å². The highest BCUT2D eigenvalue weighted by atomic mass is 16.5. The van der Waals surface area contributed by atoms with E-state index < -0.39 is 0 Å². The fraction of sp³-hybridized carbons (Fsp3) is 0.475. The molecule has 2 aromatic carbocycles. The molecule has 51 heavy (non-hydrogen) atoms. The summed E-state index contributed by atoms with van der Waals surface area (Å²) in [4.78, 5) is 33.8. The van der Waals surface area contributed by atoms with E-state index in [-0.39, 0.29) is 29.9 Å². The Hall–Kier alpha value is -4.61. The van der Waals surface area contributed by atoms with E-state index in [4.69, 9.17) is 15.5 Å². The number of nitrogens with two attached hydrogens (primary N) is 1. The molecule has 3 aliphatic rings. The fourth-order valence-electron chi connectivity index (χ4n) is 8.07. The van der Waals surface area contributed by atoms with Crippen molar-refractivity contribution in [1.82, 2.24) is 25.4 Å². The molecule has 0 saturated carbocycles. The summed E-state index contributed by atoms with van der Waals surface area (Å²) in [6, 6.07) is 14.8. The first-order chi connectivity index (χ1) is 24.6. The first-order valence-corrected chi connectivity index (χ1v) is 18.5. The normalized spacial score (nSPS) is 21.1. The van der Waals surface area contributed by atoms with Crippen LogP contribution in [0.5, 0.6) is 0 Å². The van der Waals surface area contributed by atoms with Gasteiger partial charge in [-0.3, -0.25) is 14.9 Å². The highest BCUT2D eigenvalue weighted by molar-refractivity contribution is 6.01. The minimum absolute atomic E-state index is 0.00589. The summed E-state index contributed by atoms with van der Waals surface area (Å²) < 4.78 is 6.30. The number of benzene rings is 2. The third-order valence-electron chi connectivity index (χ3n) is 11.0. The lowest BCUT2D eigenvalue weighted by atomic mass is 9.83. The summed E-state index contributed by atoms with van der Waals surface area (Å²) in [5.41, 5.74) is 13.8. The molecule has 0 radical (unpaired) electrons. The van der Waals surface area contributed by atoms with E-state index in [0.717, 1.165) is 96.9 Å². The van der Waals surface area contributed by atoms with Gasteiger partial charge in [-0.05, 0) is 111 Å². The maximum atomic E-state index is 12.4. The van der Waals surface area contributed by atoms with Crippen LogP contribution in [0.2, 0.25) is 0 Å². The van der Waals surface area contributed by atoms with Crippen LogP contribution in [0.25, 0.3) is 10.8 Å². The highest BCUT2D eigenvalue weighted by Crippen LogP contribution is 2.34. The summed E-state index contributed by atoms with van der Waals surface area (Å²) in [6.45, 7) is 13.5. The molecule has 1 unspecified atom stereocenters. The molecule has 2 amide bonds. The number of ether oxygens (including phenoxy) is 1. The van der Waals surface area contributed by atoms with Crippen LogP contribution in [0.3, 0.4) is 0 Å². The van der Waals surface area contributed by atoms with Crippen LogP contribution >= 0.6 is 0 Å². The number of nitrogens with zero attached hydrogens (tertiary/aromatic N) is 5. The number of hydrogen-bond acceptors (Lipinski definition) is 10. The number of aryl methyl sites for hydroxylation is 3. The molecule has 4 aromatic rings. The molecule has 0 bridgehead atoms. The van der Waals surface area contributed by atoms with E-state index in [9.17, 15) is 9.59 Å². The van der Waals surface area contributed by atoms with Gasteiger partial charge in [-0.2, -0.15) is 5.10 Å². The third kappa shape index (κ3) is 7.69. The molecule has 268 valence electrons. The Labute approximate surface area is 300 Å². The summed E-state index contributed by atoms with van der Waals surface area (Å²) in [6.07, 6.45) is 6.10. The van der Waals surface area contributed by atoms with Crippen molar-refractivity contribution in [1.29, 1.82) is 0 Å². The number of anilines is 3. The molecule has 3 atom stereocenters. The zero-order valence-electron chi connectivity index (χ0n) is 30.2. The topological polar surface area (TPSA) is 139 Å². The molecule has 0 spiro atoms. The standard InChI is InChI=1S/C40H50N8O3/c1-5-27-17-30(19-31(41)18-27)25(3)43-39-35-20-37(42-21-36(35)26(4)45-46-39)48-14-15-51-32(23-48)22-47-12-10-28(11-13-47)33-7-6-29(16-24(33)2)34-8-9-38(49)44-40(34)50/h6-7,16-21,25,28,32,34H,5,8-15,22-23,41H2,1-4H3,(H,43,46)(H,44,49,50)/t25-,32-,34?/m1/s1. The van der Waals surface area contributed by atoms with Gasteiger partial charge in [0.05, 0.1) is 30.4 Å². The van der Waals surface area contributed by atoms with Crippen molar-refractivity contribution in [2.75, 3.05) is 55.3 Å². The van der Waals surface area contributed by atoms with Gasteiger partial charge in [0.25, 0.3) is 0 Å². The van der Waals surface area contributed by atoms with Gasteiger partial charge < -0.3 is 25.6 Å². The predicted octanol–water partition coefficient (Wildman–Crippen LogP) is 5.56. The average molecular weight is 691 g/mol. The lowest BCUT2D eigenvalue weighted by Gasteiger charge is -2.39. The number of nitrogen functional groups attached to an aromatic ring is 1. The number of pyridine rings is 1. The second kappa shape index (κ2) is 14.9. The van der Waals surface area contributed by atoms with Gasteiger partial charge in [-0.15, -0.1) is 5.10 Å². The van der Waals surface area contributed by atoms with Crippen LogP contribution in [0.1, 0.15) is 90.9 Å². The van der Waals surface area contributed by atoms with Crippen LogP contribution in [0.15, 0.2) is 48.7 Å². The van der Waals surface area contributed by atoms with Crippen LogP contribution in [-0.4, -0.2) is 77.3 Å². The summed E-state index contributed by atoms with van der Waals surface area (Å²) >= 11 is 0. The lowest BCUT2D eigenvalue weighted by molar-refractivity contribution is -0.134. The molecular formula is C40H50N8O3. The van der Waals surface area contributed by atoms with Crippen molar-refractivity contribution in [3.63, 3.8) is 0 Å². The number of imide groups is 1. The molecule has 7 rings (SSSR count). The van der Waals surface area contributed by atoms with Crippen LogP contribution in [0.4, 0.5) is 17.3 Å². The average Bonchev–Trinajstić information content (AvgIpc) is 3.13. The number of carbonyl (C=O) groups is 2. The lowest BCUT2D eigenvalue weighted by Crippen LogP contribution is -2.49. The maximum Gasteiger partial charge on any atom is 0.234 e. The Morgan fingerprint density at radius 2 is 1.84 bits per heavy atom. The van der Waals surface area contributed by atoms with Gasteiger partial charge in [0.1, 0.15) is 5.82 Å². The largest absolute Gasteiger partial charge is 0.399 e. The SMILES string of the molecule is CCc1cc(N)cc([C@@H](C)Nc2nnc(C)c3cnc(N4CCO[C@H](CN5CCC(c6ccc(C7CCC(=O)NC7=O)cc6C)CC5)C4)cc23)c1. The number of piperidine rings is 2. The highest BCUT2D eigenvalue weighted by Gasteiger charge is 2.30. The van der Waals surface area contributed by atoms with Crippen molar-refractivity contribution in [3.05, 3.63) is 82.2 Å². The van der Waals surface area contributed by atoms with Gasteiger partial charge in [0.15, 0.2) is 5.82 Å². The van der Waals surface area contributed by atoms with Crippen LogP contribution in [-0.2, 0) is 20.7 Å². The van der Waals surface area contributed by atoms with E-state index in [1.165, 1.54) is 16.7 Å². The molecule has 3 aliphatic heterocycles. The molecule has 3 fully saturated rings. The third-order valence-corrected chi connectivity index (χ3v) is 11.0. The van der Waals surface area contributed by atoms with Crippen molar-refractivity contribution in [2.45, 2.75) is 83.8 Å². The molecule has 5 heterocycles. The minimum Gasteiger partial charge on any atom is -0.399 e. The molecule has 0 aliphatic carbocycles. The number of aromatic nitrogens is 3. The Morgan fingerprint density at radius 3 is 2.61 bits per heavy atom. The quantitative estimate of drug-likeness (QED) is 0.151. The summed E-state index contributed by atoms with van der Waals surface area (Å²) in [5, 5.41) is 17.1. The van der Waals surface area contributed by atoms with Gasteiger partial charge >= 0.3 is 0 Å². The second-order valence-electron chi connectivity index (χ2n) is 14.6. The number of carbonyl (C=O) groups excluding carboxylic acids is 2. The van der Waals surface area contributed by atoms with Crippen molar-refractivity contribution >= 4 is 39.9 Å². The van der Waals surface area contributed by atoms with E-state index in [1.54, 1.807) is 0 Å². The van der Waals surface area contributed by atoms with E-state index in [0.29, 0.717) is 25.4 Å². The molecule has 2 aromatic heterocycles. The number of fused-ring (bicyclic) bond motifs is 1. The molecular weight excluding hydrogens is 640 g/mol. The van der Waals surface area contributed by atoms with Crippen LogP contribution in [0, 0.1) is 13.8 Å². The molecule has 4 N–H and O–H groups in total. The zero-order chi connectivity index (χ0) is 35.6. The molecule has 3 saturated heterocycles. The molecule has 11 heteroatoms. The summed E-state index contributed by atoms with van der Waals surface area (Å²) in [5.74, 6) is 1.56. The predicted molar refractivity (Wildman–Crippen MR) is 201 cm³/mol. The number of rotatable bonds is 9. The Kier molecular flexibility index (Phi) is 10.2. The van der Waals surface area contributed by atoms with Crippen molar-refractivity contribution < 1.29 is 14.3 Å². The zero-order valence-corrected chi connectivity index (χ0v) is 30.2. The number of morpholine rings is 1. The molecule has 11 nitrogen and oxygen atoms in total. The van der Waals surface area contributed by atoms with Crippen LogP contribution < -0.4 is 21.3 Å². The van der Waals surface area contributed by atoms with Gasteiger partial charge in [0, 0.05) is 48.7 Å². The van der Waals surface area contributed by atoms with E-state index >= 15 is 0 Å². The Bertz CT molecular complexity index is 1920. The smallest absolute Gasteiger partial charge is 0.234 e. The van der Waals surface area contributed by atoms with Gasteiger partial charge in [0.2, 0.25) is 11.8 Å². The second-order valence-corrected chi connectivity index (χ2v) is 14.6. The Morgan fingerprint density at radius 1 is 1.02 bits per heavy atom. The number of likely N-dealkylation sites (tertiary alicyclic amines) is 1. The first kappa shape index (κ1) is 34.8. The van der Waals surface area contributed by atoms with E-state index in [1.807, 2.05) is 25.3 Å². The number of nitrogens with one attached hydrogen (secondary N) is 2. The fourth-order valence-corrected chi connectivity index (χ4v) is 8.07. The van der Waals surface area contributed by atoms with Crippen molar-refractivity contribution in [3.8, 4) is 0 Å². The summed E-state index contributed by atoms with van der Waals surface area (Å²) in [7, 11) is 0. The first-order valence-electron chi connectivity index (χ1n) is 18.5.